The van der Waals surface area contributed by atoms with Crippen LogP contribution in [0.5, 0.6) is 0 Å². The van der Waals surface area contributed by atoms with Gasteiger partial charge in [0.15, 0.2) is 4.96 Å². The first-order valence-corrected chi connectivity index (χ1v) is 12.7. The van der Waals surface area contributed by atoms with E-state index in [1.165, 1.54) is 17.8 Å². The number of rotatable bonds is 5. The molecule has 9 heteroatoms. The quantitative estimate of drug-likeness (QED) is 0.300. The van der Waals surface area contributed by atoms with Crippen molar-refractivity contribution in [1.82, 2.24) is 19.4 Å². The van der Waals surface area contributed by atoms with Gasteiger partial charge in [0.25, 0.3) is 0 Å². The van der Waals surface area contributed by atoms with E-state index in [4.69, 9.17) is 21.6 Å². The Morgan fingerprint density at radius 3 is 2.51 bits per heavy atom. The number of aromatic nitrogens is 4. The molecule has 6 nitrogen and oxygen atoms in total. The van der Waals surface area contributed by atoms with E-state index in [2.05, 4.69) is 27.3 Å². The van der Waals surface area contributed by atoms with Gasteiger partial charge in [-0.25, -0.2) is 19.3 Å². The van der Waals surface area contributed by atoms with E-state index in [0.29, 0.717) is 5.95 Å². The van der Waals surface area contributed by atoms with Gasteiger partial charge in [-0.2, -0.15) is 0 Å². The number of halogens is 2. The SMILES string of the molecule is Fc1ccc(-c2nc3sccn3c2-c2ccnc(NC3CCN(c4ccc(Cl)cc4)CC3)n2)cc1. The minimum atomic E-state index is -0.271. The van der Waals surface area contributed by atoms with Crippen LogP contribution in [0.4, 0.5) is 16.0 Å². The first-order valence-electron chi connectivity index (χ1n) is 11.5. The van der Waals surface area contributed by atoms with Crippen LogP contribution in [0.25, 0.3) is 27.6 Å². The molecule has 1 saturated heterocycles. The molecule has 0 atom stereocenters. The molecule has 1 fully saturated rings. The Hall–Kier alpha value is -3.49. The number of fused-ring (bicyclic) bond motifs is 1. The van der Waals surface area contributed by atoms with Crippen LogP contribution in [0.15, 0.2) is 72.4 Å². The minimum Gasteiger partial charge on any atom is -0.371 e. The highest BCUT2D eigenvalue weighted by Gasteiger charge is 2.22. The van der Waals surface area contributed by atoms with E-state index in [1.54, 1.807) is 29.7 Å². The third-order valence-corrected chi connectivity index (χ3v) is 7.31. The molecule has 2 aromatic carbocycles. The molecule has 0 bridgehead atoms. The summed E-state index contributed by atoms with van der Waals surface area (Å²) in [5, 5.41) is 6.27. The molecule has 1 aliphatic heterocycles. The number of nitrogens with one attached hydrogen (secondary N) is 1. The smallest absolute Gasteiger partial charge is 0.223 e. The number of hydrogen-bond donors (Lipinski definition) is 1. The Labute approximate surface area is 211 Å². The first kappa shape index (κ1) is 22.0. The maximum atomic E-state index is 13.5. The average molecular weight is 505 g/mol. The number of nitrogens with zero attached hydrogens (tertiary/aromatic N) is 5. The summed E-state index contributed by atoms with van der Waals surface area (Å²) in [5.74, 6) is 0.328. The molecule has 176 valence electrons. The summed E-state index contributed by atoms with van der Waals surface area (Å²) < 4.78 is 15.5. The van der Waals surface area contributed by atoms with Gasteiger partial charge in [-0.15, -0.1) is 11.3 Å². The average Bonchev–Trinajstić information content (AvgIpc) is 3.47. The lowest BCUT2D eigenvalue weighted by atomic mass is 10.0. The zero-order valence-electron chi connectivity index (χ0n) is 18.7. The third kappa shape index (κ3) is 4.47. The minimum absolute atomic E-state index is 0.271. The molecular formula is C26H22ClFN6S. The molecule has 0 radical (unpaired) electrons. The second-order valence-electron chi connectivity index (χ2n) is 8.52. The van der Waals surface area contributed by atoms with Crippen molar-refractivity contribution in [2.75, 3.05) is 23.3 Å². The van der Waals surface area contributed by atoms with Crippen LogP contribution >= 0.6 is 22.9 Å². The van der Waals surface area contributed by atoms with Crippen LogP contribution < -0.4 is 10.2 Å². The number of anilines is 2. The second kappa shape index (κ2) is 9.28. The lowest BCUT2D eigenvalue weighted by molar-refractivity contribution is 0.524. The molecule has 6 rings (SSSR count). The molecule has 0 saturated carbocycles. The fourth-order valence-corrected chi connectivity index (χ4v) is 5.36. The normalized spacial score (nSPS) is 14.5. The lowest BCUT2D eigenvalue weighted by Gasteiger charge is -2.34. The van der Waals surface area contributed by atoms with Crippen LogP contribution in [0.2, 0.25) is 5.02 Å². The van der Waals surface area contributed by atoms with Gasteiger partial charge in [0.2, 0.25) is 5.95 Å². The Morgan fingerprint density at radius 1 is 0.971 bits per heavy atom. The number of imidazole rings is 1. The predicted molar refractivity (Wildman–Crippen MR) is 140 cm³/mol. The summed E-state index contributed by atoms with van der Waals surface area (Å²) in [6, 6.07) is 16.6. The van der Waals surface area contributed by atoms with Crippen molar-refractivity contribution in [2.45, 2.75) is 18.9 Å². The number of hydrogen-bond acceptors (Lipinski definition) is 6. The van der Waals surface area contributed by atoms with Crippen molar-refractivity contribution in [3.05, 3.63) is 83.2 Å². The van der Waals surface area contributed by atoms with Crippen molar-refractivity contribution >= 4 is 39.5 Å². The fourth-order valence-electron chi connectivity index (χ4n) is 4.52. The molecule has 0 amide bonds. The van der Waals surface area contributed by atoms with E-state index in [1.807, 2.05) is 34.2 Å². The molecule has 0 spiro atoms. The number of piperidine rings is 1. The summed E-state index contributed by atoms with van der Waals surface area (Å²) >= 11 is 7.58. The van der Waals surface area contributed by atoms with Crippen molar-refractivity contribution in [3.8, 4) is 22.6 Å². The maximum Gasteiger partial charge on any atom is 0.223 e. The van der Waals surface area contributed by atoms with Crippen molar-refractivity contribution in [1.29, 1.82) is 0 Å². The fraction of sp³-hybridized carbons (Fsp3) is 0.192. The highest BCUT2D eigenvalue weighted by Crippen LogP contribution is 2.34. The molecule has 5 aromatic rings. The summed E-state index contributed by atoms with van der Waals surface area (Å²) in [7, 11) is 0. The molecule has 0 aliphatic carbocycles. The van der Waals surface area contributed by atoms with E-state index in [-0.39, 0.29) is 11.9 Å². The molecule has 3 aromatic heterocycles. The third-order valence-electron chi connectivity index (χ3n) is 6.30. The van der Waals surface area contributed by atoms with Gasteiger partial charge in [0.05, 0.1) is 11.4 Å². The molecule has 0 unspecified atom stereocenters. The largest absolute Gasteiger partial charge is 0.371 e. The van der Waals surface area contributed by atoms with Crippen molar-refractivity contribution in [3.63, 3.8) is 0 Å². The molecule has 1 aliphatic rings. The summed E-state index contributed by atoms with van der Waals surface area (Å²) in [4.78, 5) is 17.4. The van der Waals surface area contributed by atoms with Crippen LogP contribution in [0.3, 0.4) is 0 Å². The zero-order valence-corrected chi connectivity index (χ0v) is 20.3. The van der Waals surface area contributed by atoms with Crippen molar-refractivity contribution in [2.24, 2.45) is 0 Å². The number of thiazole rings is 1. The monoisotopic (exact) mass is 504 g/mol. The maximum absolute atomic E-state index is 13.5. The highest BCUT2D eigenvalue weighted by atomic mass is 35.5. The summed E-state index contributed by atoms with van der Waals surface area (Å²) in [6.07, 6.45) is 5.72. The summed E-state index contributed by atoms with van der Waals surface area (Å²) in [6.45, 7) is 1.90. The number of benzene rings is 2. The second-order valence-corrected chi connectivity index (χ2v) is 9.83. The van der Waals surface area contributed by atoms with Gasteiger partial charge in [-0.05, 0) is 67.4 Å². The van der Waals surface area contributed by atoms with Crippen LogP contribution in [-0.2, 0) is 0 Å². The van der Waals surface area contributed by atoms with Crippen molar-refractivity contribution < 1.29 is 4.39 Å². The van der Waals surface area contributed by atoms with E-state index >= 15 is 0 Å². The van der Waals surface area contributed by atoms with Gasteiger partial charge in [-0.1, -0.05) is 11.6 Å². The van der Waals surface area contributed by atoms with Crippen LogP contribution in [-0.4, -0.2) is 38.5 Å². The predicted octanol–water partition coefficient (Wildman–Crippen LogP) is 6.39. The van der Waals surface area contributed by atoms with Gasteiger partial charge in [0.1, 0.15) is 11.5 Å². The van der Waals surface area contributed by atoms with E-state index < -0.39 is 0 Å². The lowest BCUT2D eigenvalue weighted by Crippen LogP contribution is -2.39. The molecule has 35 heavy (non-hydrogen) atoms. The Balaban J connectivity index is 1.23. The topological polar surface area (TPSA) is 58.4 Å². The molecular weight excluding hydrogens is 483 g/mol. The molecule has 4 heterocycles. The van der Waals surface area contributed by atoms with Gasteiger partial charge < -0.3 is 10.2 Å². The van der Waals surface area contributed by atoms with Gasteiger partial charge in [0, 0.05) is 53.2 Å². The van der Waals surface area contributed by atoms with Gasteiger partial charge in [-0.3, -0.25) is 4.40 Å². The Morgan fingerprint density at radius 2 is 1.74 bits per heavy atom. The molecule has 1 N–H and O–H groups in total. The highest BCUT2D eigenvalue weighted by molar-refractivity contribution is 7.15. The Kier molecular flexibility index (Phi) is 5.83. The zero-order chi connectivity index (χ0) is 23.8. The standard InChI is InChI=1S/C26H22ClFN6S/c27-18-3-7-21(8-4-18)33-13-10-20(11-14-33)30-25-29-12-9-22(31-25)24-23(17-1-5-19(28)6-2-17)32-26-34(24)15-16-35-26/h1-9,12,15-16,20H,10-11,13-14H2,(H,29,30,31). The Bertz CT molecular complexity index is 1460. The summed E-state index contributed by atoms with van der Waals surface area (Å²) in [5.41, 5.74) is 4.46. The van der Waals surface area contributed by atoms with Crippen LogP contribution in [0.1, 0.15) is 12.8 Å². The van der Waals surface area contributed by atoms with E-state index in [0.717, 1.165) is 58.6 Å². The van der Waals surface area contributed by atoms with E-state index in [9.17, 15) is 4.39 Å². The first-order chi connectivity index (χ1) is 17.1. The van der Waals surface area contributed by atoms with Gasteiger partial charge >= 0.3 is 0 Å². The van der Waals surface area contributed by atoms with Crippen LogP contribution in [0, 0.1) is 5.82 Å².